The number of halogens is 3. The zero-order valence-corrected chi connectivity index (χ0v) is 12.4. The SMILES string of the molecule is CNC(c1cc(C)ccc1C)c1cc(F)c(Cl)cc1F. The molecule has 0 saturated heterocycles. The molecule has 20 heavy (non-hydrogen) atoms. The lowest BCUT2D eigenvalue weighted by Gasteiger charge is -2.21. The van der Waals surface area contributed by atoms with E-state index in [-0.39, 0.29) is 10.6 Å². The van der Waals surface area contributed by atoms with Gasteiger partial charge in [0, 0.05) is 5.56 Å². The van der Waals surface area contributed by atoms with E-state index in [1.807, 2.05) is 32.0 Å². The summed E-state index contributed by atoms with van der Waals surface area (Å²) in [7, 11) is 1.72. The second-order valence-corrected chi connectivity index (χ2v) is 5.28. The maximum atomic E-state index is 14.1. The largest absolute Gasteiger partial charge is 0.309 e. The van der Waals surface area contributed by atoms with Crippen LogP contribution in [0, 0.1) is 25.5 Å². The van der Waals surface area contributed by atoms with Crippen molar-refractivity contribution in [3.8, 4) is 0 Å². The number of benzene rings is 2. The Balaban J connectivity index is 2.58. The molecule has 0 saturated carbocycles. The lowest BCUT2D eigenvalue weighted by atomic mass is 9.93. The molecule has 106 valence electrons. The molecule has 1 N–H and O–H groups in total. The monoisotopic (exact) mass is 295 g/mol. The Hall–Kier alpha value is -1.45. The van der Waals surface area contributed by atoms with Crippen LogP contribution in [0.3, 0.4) is 0 Å². The van der Waals surface area contributed by atoms with E-state index in [9.17, 15) is 8.78 Å². The van der Waals surface area contributed by atoms with E-state index >= 15 is 0 Å². The zero-order chi connectivity index (χ0) is 14.9. The van der Waals surface area contributed by atoms with Crippen molar-refractivity contribution in [2.75, 3.05) is 7.05 Å². The Labute approximate surface area is 122 Å². The third-order valence-electron chi connectivity index (χ3n) is 3.39. The maximum Gasteiger partial charge on any atom is 0.142 e. The molecule has 0 aliphatic heterocycles. The smallest absolute Gasteiger partial charge is 0.142 e. The molecule has 1 nitrogen and oxygen atoms in total. The van der Waals surface area contributed by atoms with Crippen LogP contribution in [0.5, 0.6) is 0 Å². The van der Waals surface area contributed by atoms with Crippen LogP contribution in [0.15, 0.2) is 30.3 Å². The van der Waals surface area contributed by atoms with Gasteiger partial charge in [0.15, 0.2) is 0 Å². The fourth-order valence-electron chi connectivity index (χ4n) is 2.31. The van der Waals surface area contributed by atoms with Crippen LogP contribution in [-0.4, -0.2) is 7.05 Å². The van der Waals surface area contributed by atoms with Gasteiger partial charge < -0.3 is 5.32 Å². The Morgan fingerprint density at radius 1 is 1.00 bits per heavy atom. The van der Waals surface area contributed by atoms with Gasteiger partial charge in [0.1, 0.15) is 11.6 Å². The molecular weight excluding hydrogens is 280 g/mol. The van der Waals surface area contributed by atoms with E-state index in [1.54, 1.807) is 7.05 Å². The molecule has 0 aliphatic rings. The summed E-state index contributed by atoms with van der Waals surface area (Å²) in [5.74, 6) is -1.13. The van der Waals surface area contributed by atoms with Gasteiger partial charge in [0.05, 0.1) is 11.1 Å². The van der Waals surface area contributed by atoms with Gasteiger partial charge in [-0.05, 0) is 44.2 Å². The third kappa shape index (κ3) is 2.84. The Morgan fingerprint density at radius 3 is 2.35 bits per heavy atom. The van der Waals surface area contributed by atoms with Crippen LogP contribution in [0.2, 0.25) is 5.02 Å². The summed E-state index contributed by atoms with van der Waals surface area (Å²) in [6.07, 6.45) is 0. The average molecular weight is 296 g/mol. The van der Waals surface area contributed by atoms with Crippen molar-refractivity contribution in [1.82, 2.24) is 5.32 Å². The Kier molecular flexibility index (Phi) is 4.41. The van der Waals surface area contributed by atoms with Crippen molar-refractivity contribution in [3.63, 3.8) is 0 Å². The van der Waals surface area contributed by atoms with Crippen LogP contribution in [0.25, 0.3) is 0 Å². The molecule has 4 heteroatoms. The minimum Gasteiger partial charge on any atom is -0.309 e. The van der Waals surface area contributed by atoms with Crippen molar-refractivity contribution in [3.05, 3.63) is 69.2 Å². The normalized spacial score (nSPS) is 12.5. The second kappa shape index (κ2) is 5.90. The average Bonchev–Trinajstić information content (AvgIpc) is 2.40. The number of nitrogens with one attached hydrogen (secondary N) is 1. The van der Waals surface area contributed by atoms with E-state index in [0.717, 1.165) is 28.8 Å². The van der Waals surface area contributed by atoms with Gasteiger partial charge >= 0.3 is 0 Å². The van der Waals surface area contributed by atoms with Gasteiger partial charge in [-0.1, -0.05) is 35.4 Å². The molecule has 0 heterocycles. The fraction of sp³-hybridized carbons (Fsp3) is 0.250. The fourth-order valence-corrected chi connectivity index (χ4v) is 2.46. The van der Waals surface area contributed by atoms with Crippen molar-refractivity contribution in [2.45, 2.75) is 19.9 Å². The van der Waals surface area contributed by atoms with E-state index < -0.39 is 17.7 Å². The first kappa shape index (κ1) is 14.9. The molecule has 2 aromatic rings. The molecule has 2 rings (SSSR count). The molecule has 0 aliphatic carbocycles. The molecule has 0 fully saturated rings. The second-order valence-electron chi connectivity index (χ2n) is 4.87. The molecule has 2 aromatic carbocycles. The van der Waals surface area contributed by atoms with Crippen LogP contribution < -0.4 is 5.32 Å². The van der Waals surface area contributed by atoms with E-state index in [2.05, 4.69) is 5.32 Å². The van der Waals surface area contributed by atoms with Crippen LogP contribution in [0.4, 0.5) is 8.78 Å². The zero-order valence-electron chi connectivity index (χ0n) is 11.6. The number of aryl methyl sites for hydroxylation is 2. The molecular formula is C16H16ClF2N. The van der Waals surface area contributed by atoms with E-state index in [0.29, 0.717) is 0 Å². The predicted octanol–water partition coefficient (Wildman–Crippen LogP) is 4.54. The van der Waals surface area contributed by atoms with Gasteiger partial charge in [-0.2, -0.15) is 0 Å². The highest BCUT2D eigenvalue weighted by Crippen LogP contribution is 2.30. The standard InChI is InChI=1S/C16H16ClF2N/c1-9-4-5-10(2)11(6-9)16(20-3)12-7-15(19)13(17)8-14(12)18/h4-8,16,20H,1-3H3. The van der Waals surface area contributed by atoms with Gasteiger partial charge in [0.2, 0.25) is 0 Å². The molecule has 0 spiro atoms. The number of rotatable bonds is 3. The van der Waals surface area contributed by atoms with Gasteiger partial charge in [-0.3, -0.25) is 0 Å². The minimum absolute atomic E-state index is 0.206. The van der Waals surface area contributed by atoms with Gasteiger partial charge in [-0.25, -0.2) is 8.78 Å². The predicted molar refractivity (Wildman–Crippen MR) is 78.2 cm³/mol. The molecule has 0 radical (unpaired) electrons. The minimum atomic E-state index is -0.617. The highest BCUT2D eigenvalue weighted by molar-refractivity contribution is 6.30. The van der Waals surface area contributed by atoms with Crippen LogP contribution in [-0.2, 0) is 0 Å². The van der Waals surface area contributed by atoms with Crippen LogP contribution in [0.1, 0.15) is 28.3 Å². The highest BCUT2D eigenvalue weighted by Gasteiger charge is 2.20. The summed E-state index contributed by atoms with van der Waals surface area (Å²) >= 11 is 5.60. The Morgan fingerprint density at radius 2 is 1.70 bits per heavy atom. The highest BCUT2D eigenvalue weighted by atomic mass is 35.5. The molecule has 0 aromatic heterocycles. The first-order valence-electron chi connectivity index (χ1n) is 6.33. The topological polar surface area (TPSA) is 12.0 Å². The Bertz CT molecular complexity index is 641. The van der Waals surface area contributed by atoms with Crippen LogP contribution >= 0.6 is 11.6 Å². The molecule has 1 atom stereocenters. The molecule has 0 amide bonds. The summed E-state index contributed by atoms with van der Waals surface area (Å²) in [6, 6.07) is 7.69. The number of hydrogen-bond donors (Lipinski definition) is 1. The third-order valence-corrected chi connectivity index (χ3v) is 3.67. The van der Waals surface area contributed by atoms with Crippen molar-refractivity contribution >= 4 is 11.6 Å². The summed E-state index contributed by atoms with van der Waals surface area (Å²) in [4.78, 5) is 0. The van der Waals surface area contributed by atoms with Crippen molar-refractivity contribution in [1.29, 1.82) is 0 Å². The first-order valence-corrected chi connectivity index (χ1v) is 6.70. The number of hydrogen-bond acceptors (Lipinski definition) is 1. The summed E-state index contributed by atoms with van der Waals surface area (Å²) < 4.78 is 27.7. The molecule has 1 unspecified atom stereocenters. The van der Waals surface area contributed by atoms with E-state index in [1.165, 1.54) is 0 Å². The van der Waals surface area contributed by atoms with Gasteiger partial charge in [-0.15, -0.1) is 0 Å². The van der Waals surface area contributed by atoms with Crippen molar-refractivity contribution in [2.24, 2.45) is 0 Å². The summed E-state index contributed by atoms with van der Waals surface area (Å²) in [6.45, 7) is 3.91. The molecule has 0 bridgehead atoms. The van der Waals surface area contributed by atoms with Gasteiger partial charge in [0.25, 0.3) is 0 Å². The summed E-state index contributed by atoms with van der Waals surface area (Å²) in [5, 5.41) is 2.83. The maximum absolute atomic E-state index is 14.1. The quantitative estimate of drug-likeness (QED) is 0.820. The van der Waals surface area contributed by atoms with Crippen molar-refractivity contribution < 1.29 is 8.78 Å². The lowest BCUT2D eigenvalue weighted by Crippen LogP contribution is -2.20. The van der Waals surface area contributed by atoms with E-state index in [4.69, 9.17) is 11.6 Å². The first-order chi connectivity index (χ1) is 9.43. The lowest BCUT2D eigenvalue weighted by molar-refractivity contribution is 0.557. The summed E-state index contributed by atoms with van der Waals surface area (Å²) in [5.41, 5.74) is 3.27.